The van der Waals surface area contributed by atoms with Crippen molar-refractivity contribution in [2.45, 2.75) is 6.18 Å². The normalized spacial score (nSPS) is 10.9. The summed E-state index contributed by atoms with van der Waals surface area (Å²) < 4.78 is 31.7. The first-order chi connectivity index (χ1) is 6.91. The number of carbonyl (C=O) groups is 1. The fraction of sp³-hybridized carbons (Fsp3) is 0.167. The molecule has 15 heavy (non-hydrogen) atoms. The standard InChI is InChI=1S/C4H2N2S2.C2HF3O2/c1-5-3-4(7-1)6-2-8-3;3-2(4,5)1(6)7/h1-2H;(H,6,7). The molecule has 0 atom stereocenters. The van der Waals surface area contributed by atoms with Crippen molar-refractivity contribution in [3.8, 4) is 0 Å². The molecule has 2 aromatic heterocycles. The van der Waals surface area contributed by atoms with Crippen molar-refractivity contribution in [3.05, 3.63) is 11.0 Å². The number of aliphatic carboxylic acids is 1. The first-order valence-corrected chi connectivity index (χ1v) is 5.10. The summed E-state index contributed by atoms with van der Waals surface area (Å²) in [5, 5.41) is 7.12. The molecule has 2 rings (SSSR count). The average Bonchev–Trinajstić information content (AvgIpc) is 2.61. The van der Waals surface area contributed by atoms with Crippen molar-refractivity contribution < 1.29 is 23.1 Å². The summed E-state index contributed by atoms with van der Waals surface area (Å²) in [6.07, 6.45) is -5.08. The molecule has 0 unspecified atom stereocenters. The number of nitrogens with zero attached hydrogens (tertiary/aromatic N) is 2. The third kappa shape index (κ3) is 3.44. The summed E-state index contributed by atoms with van der Waals surface area (Å²) in [5.41, 5.74) is 3.63. The molecule has 0 spiro atoms. The van der Waals surface area contributed by atoms with E-state index < -0.39 is 12.1 Å². The summed E-state index contributed by atoms with van der Waals surface area (Å²) in [6, 6.07) is 0. The topological polar surface area (TPSA) is 63.1 Å². The van der Waals surface area contributed by atoms with Crippen LogP contribution in [0.2, 0.25) is 0 Å². The van der Waals surface area contributed by atoms with E-state index in [1.165, 1.54) is 0 Å². The first kappa shape index (κ1) is 11.9. The molecular formula is C6H3F3N2O2S2. The Morgan fingerprint density at radius 1 is 1.20 bits per heavy atom. The van der Waals surface area contributed by atoms with Crippen LogP contribution in [0.3, 0.4) is 0 Å². The molecule has 2 aromatic rings. The molecule has 0 fully saturated rings. The van der Waals surface area contributed by atoms with Crippen molar-refractivity contribution >= 4 is 38.3 Å². The summed E-state index contributed by atoms with van der Waals surface area (Å²) in [4.78, 5) is 19.1. The minimum Gasteiger partial charge on any atom is -0.475 e. The van der Waals surface area contributed by atoms with Crippen molar-refractivity contribution in [3.63, 3.8) is 0 Å². The Hall–Kier alpha value is -1.22. The zero-order valence-corrected chi connectivity index (χ0v) is 8.49. The van der Waals surface area contributed by atoms with E-state index in [4.69, 9.17) is 9.90 Å². The third-order valence-corrected chi connectivity index (χ3v) is 2.69. The van der Waals surface area contributed by atoms with Crippen molar-refractivity contribution in [1.29, 1.82) is 0 Å². The minimum atomic E-state index is -5.08. The molecule has 1 N–H and O–H groups in total. The van der Waals surface area contributed by atoms with Crippen LogP contribution in [0.1, 0.15) is 0 Å². The highest BCUT2D eigenvalue weighted by Gasteiger charge is 2.38. The molecule has 4 nitrogen and oxygen atoms in total. The first-order valence-electron chi connectivity index (χ1n) is 3.34. The lowest BCUT2D eigenvalue weighted by molar-refractivity contribution is -0.192. The van der Waals surface area contributed by atoms with Crippen LogP contribution >= 0.6 is 22.7 Å². The molecule has 9 heteroatoms. The smallest absolute Gasteiger partial charge is 0.475 e. The number of halogens is 3. The highest BCUT2D eigenvalue weighted by Crippen LogP contribution is 2.18. The number of fused-ring (bicyclic) bond motifs is 1. The molecule has 0 saturated carbocycles. The van der Waals surface area contributed by atoms with Gasteiger partial charge in [0.05, 0.1) is 11.0 Å². The van der Waals surface area contributed by atoms with E-state index in [0.29, 0.717) is 0 Å². The molecule has 0 aliphatic carbocycles. The average molecular weight is 256 g/mol. The SMILES string of the molecule is O=C(O)C(F)(F)F.c1nc2scnc2s1. The van der Waals surface area contributed by atoms with Crippen molar-refractivity contribution in [2.75, 3.05) is 0 Å². The van der Waals surface area contributed by atoms with Gasteiger partial charge >= 0.3 is 12.1 Å². The zero-order valence-electron chi connectivity index (χ0n) is 6.85. The van der Waals surface area contributed by atoms with Crippen LogP contribution in [-0.4, -0.2) is 27.2 Å². The van der Waals surface area contributed by atoms with Gasteiger partial charge in [-0.25, -0.2) is 14.8 Å². The van der Waals surface area contributed by atoms with E-state index >= 15 is 0 Å². The van der Waals surface area contributed by atoms with Gasteiger partial charge in [0.15, 0.2) is 9.66 Å². The lowest BCUT2D eigenvalue weighted by Crippen LogP contribution is -2.21. The fourth-order valence-corrected chi connectivity index (χ4v) is 1.99. The van der Waals surface area contributed by atoms with Crippen molar-refractivity contribution in [1.82, 2.24) is 9.97 Å². The minimum absolute atomic E-state index is 1.05. The van der Waals surface area contributed by atoms with Crippen LogP contribution < -0.4 is 0 Å². The second kappa shape index (κ2) is 4.53. The number of carboxylic acid groups (broad SMARTS) is 1. The highest BCUT2D eigenvalue weighted by molar-refractivity contribution is 7.24. The number of carboxylic acids is 1. The van der Waals surface area contributed by atoms with E-state index in [1.807, 2.05) is 11.0 Å². The number of rotatable bonds is 0. The van der Waals surface area contributed by atoms with Gasteiger partial charge in [-0.05, 0) is 0 Å². The summed E-state index contributed by atoms with van der Waals surface area (Å²) in [5.74, 6) is -2.76. The number of hydrogen-bond acceptors (Lipinski definition) is 5. The number of aromatic nitrogens is 2. The number of thiazole rings is 2. The van der Waals surface area contributed by atoms with E-state index in [9.17, 15) is 13.2 Å². The number of hydrogen-bond donors (Lipinski definition) is 1. The van der Waals surface area contributed by atoms with Crippen LogP contribution in [-0.2, 0) is 4.79 Å². The van der Waals surface area contributed by atoms with E-state index in [0.717, 1.165) is 9.66 Å². The lowest BCUT2D eigenvalue weighted by atomic mass is 10.7. The monoisotopic (exact) mass is 256 g/mol. The molecule has 0 aliphatic heterocycles. The van der Waals surface area contributed by atoms with E-state index in [1.54, 1.807) is 22.7 Å². The van der Waals surface area contributed by atoms with Crippen molar-refractivity contribution in [2.24, 2.45) is 0 Å². The third-order valence-electron chi connectivity index (χ3n) is 1.09. The van der Waals surface area contributed by atoms with Crippen LogP contribution in [0, 0.1) is 0 Å². The predicted molar refractivity (Wildman–Crippen MR) is 49.0 cm³/mol. The van der Waals surface area contributed by atoms with Gasteiger partial charge in [-0.3, -0.25) is 0 Å². The Morgan fingerprint density at radius 3 is 1.80 bits per heavy atom. The Labute approximate surface area is 89.0 Å². The molecular weight excluding hydrogens is 253 g/mol. The molecule has 0 saturated heterocycles. The second-order valence-corrected chi connectivity index (χ2v) is 3.78. The second-order valence-electron chi connectivity index (χ2n) is 2.12. The quantitative estimate of drug-likeness (QED) is 0.786. The Balaban J connectivity index is 0.000000153. The van der Waals surface area contributed by atoms with Gasteiger partial charge in [0.1, 0.15) is 0 Å². The van der Waals surface area contributed by atoms with E-state index in [-0.39, 0.29) is 0 Å². The van der Waals surface area contributed by atoms with Crippen LogP contribution in [0.15, 0.2) is 11.0 Å². The van der Waals surface area contributed by atoms with Gasteiger partial charge in [0.2, 0.25) is 0 Å². The maximum absolute atomic E-state index is 10.6. The maximum Gasteiger partial charge on any atom is 0.490 e. The summed E-state index contributed by atoms with van der Waals surface area (Å²) in [6.45, 7) is 0. The molecule has 2 heterocycles. The van der Waals surface area contributed by atoms with Crippen LogP contribution in [0.4, 0.5) is 13.2 Å². The molecule has 0 aliphatic rings. The molecule has 82 valence electrons. The van der Waals surface area contributed by atoms with Crippen LogP contribution in [0.25, 0.3) is 9.66 Å². The van der Waals surface area contributed by atoms with Gasteiger partial charge in [-0.15, -0.1) is 22.7 Å². The number of alkyl halides is 3. The Kier molecular flexibility index (Phi) is 3.58. The molecule has 0 aromatic carbocycles. The molecule has 0 radical (unpaired) electrons. The van der Waals surface area contributed by atoms with Crippen LogP contribution in [0.5, 0.6) is 0 Å². The highest BCUT2D eigenvalue weighted by atomic mass is 32.1. The van der Waals surface area contributed by atoms with Gasteiger partial charge in [-0.1, -0.05) is 0 Å². The van der Waals surface area contributed by atoms with E-state index in [2.05, 4.69) is 9.97 Å². The Morgan fingerprint density at radius 2 is 1.53 bits per heavy atom. The lowest BCUT2D eigenvalue weighted by Gasteiger charge is -1.93. The summed E-state index contributed by atoms with van der Waals surface area (Å²) in [7, 11) is 0. The van der Waals surface area contributed by atoms with Gasteiger partial charge in [0, 0.05) is 0 Å². The largest absolute Gasteiger partial charge is 0.490 e. The van der Waals surface area contributed by atoms with Gasteiger partial charge in [-0.2, -0.15) is 13.2 Å². The molecule has 0 amide bonds. The summed E-state index contributed by atoms with van der Waals surface area (Å²) >= 11 is 3.16. The fourth-order valence-electron chi connectivity index (χ4n) is 0.520. The van der Waals surface area contributed by atoms with Gasteiger partial charge in [0.25, 0.3) is 0 Å². The predicted octanol–water partition coefficient (Wildman–Crippen LogP) is 2.39. The zero-order chi connectivity index (χ0) is 11.5. The van der Waals surface area contributed by atoms with Gasteiger partial charge < -0.3 is 5.11 Å². The Bertz CT molecular complexity index is 399. The molecule has 0 bridgehead atoms. The maximum atomic E-state index is 10.6.